The predicted molar refractivity (Wildman–Crippen MR) is 164 cm³/mol. The number of benzene rings is 4. The lowest BCUT2D eigenvalue weighted by atomic mass is 10.2. The van der Waals surface area contributed by atoms with Crippen molar-refractivity contribution < 1.29 is 28.5 Å². The molecule has 6 rings (SSSR count). The Balaban J connectivity index is 1.09. The van der Waals surface area contributed by atoms with E-state index >= 15 is 0 Å². The van der Waals surface area contributed by atoms with Gasteiger partial charge in [0.25, 0.3) is 5.91 Å². The highest BCUT2D eigenvalue weighted by atomic mass is 16.6. The molecule has 2 heterocycles. The van der Waals surface area contributed by atoms with Crippen LogP contribution in [0.1, 0.15) is 21.6 Å². The number of para-hydroxylation sites is 2. The number of hydrogen-bond donors (Lipinski definition) is 0. The van der Waals surface area contributed by atoms with Crippen LogP contribution in [0.3, 0.4) is 0 Å². The Morgan fingerprint density at radius 1 is 0.884 bits per heavy atom. The molecule has 1 aromatic heterocycles. The lowest BCUT2D eigenvalue weighted by molar-refractivity contribution is -0.147. The Kier molecular flexibility index (Phi) is 8.00. The molecule has 43 heavy (non-hydrogen) atoms. The zero-order chi connectivity index (χ0) is 29.8. The van der Waals surface area contributed by atoms with Crippen LogP contribution in [0.2, 0.25) is 0 Å². The van der Waals surface area contributed by atoms with E-state index in [1.54, 1.807) is 41.0 Å². The molecule has 0 spiro atoms. The Morgan fingerprint density at radius 2 is 1.65 bits per heavy atom. The van der Waals surface area contributed by atoms with Crippen LogP contribution in [0, 0.1) is 6.92 Å². The van der Waals surface area contributed by atoms with E-state index in [0.717, 1.165) is 28.1 Å². The second kappa shape index (κ2) is 12.3. The van der Waals surface area contributed by atoms with Gasteiger partial charge in [-0.1, -0.05) is 48.5 Å². The third kappa shape index (κ3) is 6.18. The Bertz CT molecular complexity index is 1750. The molecule has 0 radical (unpaired) electrons. The summed E-state index contributed by atoms with van der Waals surface area (Å²) in [5.74, 6) is 1.36. The zero-order valence-corrected chi connectivity index (χ0v) is 24.1. The van der Waals surface area contributed by atoms with Gasteiger partial charge in [0.1, 0.15) is 36.6 Å². The van der Waals surface area contributed by atoms with Gasteiger partial charge in [0.05, 0.1) is 17.7 Å². The van der Waals surface area contributed by atoms with Crippen LogP contribution >= 0.6 is 0 Å². The summed E-state index contributed by atoms with van der Waals surface area (Å²) in [6, 6.07) is 31.9. The van der Waals surface area contributed by atoms with Crippen LogP contribution in [0.25, 0.3) is 10.9 Å². The summed E-state index contributed by atoms with van der Waals surface area (Å²) >= 11 is 0. The molecule has 0 amide bonds. The highest BCUT2D eigenvalue weighted by molar-refractivity contribution is 6.04. The van der Waals surface area contributed by atoms with Crippen LogP contribution in [0.15, 0.2) is 103 Å². The van der Waals surface area contributed by atoms with E-state index in [1.165, 1.54) is 0 Å². The summed E-state index contributed by atoms with van der Waals surface area (Å²) in [4.78, 5) is 28.0. The van der Waals surface area contributed by atoms with E-state index in [9.17, 15) is 9.59 Å². The molecule has 218 valence electrons. The van der Waals surface area contributed by atoms with Crippen molar-refractivity contribution in [1.82, 2.24) is 4.57 Å². The highest BCUT2D eigenvalue weighted by Gasteiger charge is 2.24. The SMILES string of the molecule is Cc1cc2c(OCC(=O)OCc3ccccc3)cccc2n1C(=O)c1ccc(OC[C@@H]2CN(C)c3ccccc3O2)cc1. The van der Waals surface area contributed by atoms with E-state index in [1.807, 2.05) is 80.7 Å². The van der Waals surface area contributed by atoms with Gasteiger partial charge < -0.3 is 23.8 Å². The van der Waals surface area contributed by atoms with Crippen LogP contribution in [-0.2, 0) is 16.1 Å². The number of likely N-dealkylation sites (N-methyl/N-ethyl adjacent to an activating group) is 1. The summed E-state index contributed by atoms with van der Waals surface area (Å²) in [6.45, 7) is 2.91. The molecule has 8 nitrogen and oxygen atoms in total. The normalized spacial score (nSPS) is 14.1. The zero-order valence-electron chi connectivity index (χ0n) is 24.1. The summed E-state index contributed by atoms with van der Waals surface area (Å²) in [5.41, 5.74) is 3.93. The van der Waals surface area contributed by atoms with E-state index in [4.69, 9.17) is 18.9 Å². The van der Waals surface area contributed by atoms with E-state index in [0.29, 0.717) is 35.7 Å². The maximum Gasteiger partial charge on any atom is 0.344 e. The molecule has 4 aromatic carbocycles. The molecule has 1 aliphatic rings. The van der Waals surface area contributed by atoms with Crippen molar-refractivity contribution in [3.8, 4) is 17.2 Å². The van der Waals surface area contributed by atoms with Crippen molar-refractivity contribution in [1.29, 1.82) is 0 Å². The van der Waals surface area contributed by atoms with Crippen LogP contribution in [-0.4, -0.2) is 49.4 Å². The number of anilines is 1. The second-order valence-electron chi connectivity index (χ2n) is 10.5. The number of rotatable bonds is 9. The van der Waals surface area contributed by atoms with Crippen LogP contribution in [0.4, 0.5) is 5.69 Å². The number of carbonyl (C=O) groups excluding carboxylic acids is 2. The van der Waals surface area contributed by atoms with Gasteiger partial charge in [-0.05, 0) is 67.1 Å². The molecule has 0 unspecified atom stereocenters. The number of nitrogens with zero attached hydrogens (tertiary/aromatic N) is 2. The number of aromatic nitrogens is 1. The second-order valence-corrected chi connectivity index (χ2v) is 10.5. The summed E-state index contributed by atoms with van der Waals surface area (Å²) in [7, 11) is 2.04. The standard InChI is InChI=1S/C35H32N2O6/c1-24-19-29-30(12-8-14-32(29)41-23-34(38)42-21-25-9-4-3-5-10-25)37(24)35(39)26-15-17-27(18-16-26)40-22-28-20-36(2)31-11-6-7-13-33(31)43-28/h3-19,28H,20-23H2,1-2H3/t28-/m0/s1. The number of ether oxygens (including phenoxy) is 4. The lowest BCUT2D eigenvalue weighted by Gasteiger charge is -2.33. The van der Waals surface area contributed by atoms with Gasteiger partial charge in [-0.2, -0.15) is 0 Å². The number of carbonyl (C=O) groups is 2. The first kappa shape index (κ1) is 27.9. The quantitative estimate of drug-likeness (QED) is 0.198. The summed E-state index contributed by atoms with van der Waals surface area (Å²) < 4.78 is 24.9. The monoisotopic (exact) mass is 576 g/mol. The fourth-order valence-corrected chi connectivity index (χ4v) is 5.24. The van der Waals surface area contributed by atoms with Crippen molar-refractivity contribution in [2.45, 2.75) is 19.6 Å². The van der Waals surface area contributed by atoms with E-state index < -0.39 is 5.97 Å². The van der Waals surface area contributed by atoms with Crippen LogP contribution < -0.4 is 19.1 Å². The first-order chi connectivity index (χ1) is 21.0. The van der Waals surface area contributed by atoms with Crippen molar-refractivity contribution in [3.63, 3.8) is 0 Å². The first-order valence-electron chi connectivity index (χ1n) is 14.1. The maximum absolute atomic E-state index is 13.6. The molecular weight excluding hydrogens is 544 g/mol. The minimum absolute atomic E-state index is 0.114. The van der Waals surface area contributed by atoms with Gasteiger partial charge in [-0.3, -0.25) is 9.36 Å². The fourth-order valence-electron chi connectivity index (χ4n) is 5.24. The molecule has 0 N–H and O–H groups in total. The molecule has 5 aromatic rings. The largest absolute Gasteiger partial charge is 0.490 e. The summed E-state index contributed by atoms with van der Waals surface area (Å²) in [6.07, 6.45) is -0.114. The Labute approximate surface area is 250 Å². The Morgan fingerprint density at radius 3 is 2.47 bits per heavy atom. The average molecular weight is 577 g/mol. The van der Waals surface area contributed by atoms with Crippen molar-refractivity contribution >= 4 is 28.5 Å². The molecule has 0 saturated carbocycles. The van der Waals surface area contributed by atoms with Crippen molar-refractivity contribution in [2.24, 2.45) is 0 Å². The van der Waals surface area contributed by atoms with Gasteiger partial charge in [-0.15, -0.1) is 0 Å². The highest BCUT2D eigenvalue weighted by Crippen LogP contribution is 2.32. The van der Waals surface area contributed by atoms with Gasteiger partial charge in [0.2, 0.25) is 0 Å². The molecule has 1 atom stereocenters. The fraction of sp³-hybridized carbons (Fsp3) is 0.200. The Hall–Kier alpha value is -5.24. The van der Waals surface area contributed by atoms with Crippen molar-refractivity contribution in [2.75, 3.05) is 31.7 Å². The maximum atomic E-state index is 13.6. The number of esters is 1. The molecular formula is C35H32N2O6. The van der Waals surface area contributed by atoms with Crippen molar-refractivity contribution in [3.05, 3.63) is 120 Å². The van der Waals surface area contributed by atoms with Crippen LogP contribution in [0.5, 0.6) is 17.2 Å². The van der Waals surface area contributed by atoms with E-state index in [-0.39, 0.29) is 25.2 Å². The predicted octanol–water partition coefficient (Wildman–Crippen LogP) is 6.04. The smallest absolute Gasteiger partial charge is 0.344 e. The minimum Gasteiger partial charge on any atom is -0.490 e. The average Bonchev–Trinajstić information content (AvgIpc) is 3.38. The molecule has 0 bridgehead atoms. The molecule has 0 saturated heterocycles. The summed E-state index contributed by atoms with van der Waals surface area (Å²) in [5, 5.41) is 0.739. The van der Waals surface area contributed by atoms with Gasteiger partial charge in [-0.25, -0.2) is 4.79 Å². The number of fused-ring (bicyclic) bond motifs is 2. The van der Waals surface area contributed by atoms with Gasteiger partial charge in [0, 0.05) is 23.7 Å². The molecule has 8 heteroatoms. The molecule has 1 aliphatic heterocycles. The number of aryl methyl sites for hydroxylation is 1. The third-order valence-electron chi connectivity index (χ3n) is 7.37. The molecule has 0 fully saturated rings. The van der Waals surface area contributed by atoms with Gasteiger partial charge in [0.15, 0.2) is 6.61 Å². The lowest BCUT2D eigenvalue weighted by Crippen LogP contribution is -2.41. The number of hydrogen-bond acceptors (Lipinski definition) is 7. The third-order valence-corrected chi connectivity index (χ3v) is 7.37. The van der Waals surface area contributed by atoms with E-state index in [2.05, 4.69) is 4.90 Å². The molecule has 0 aliphatic carbocycles. The first-order valence-corrected chi connectivity index (χ1v) is 14.1. The van der Waals surface area contributed by atoms with Gasteiger partial charge >= 0.3 is 5.97 Å². The minimum atomic E-state index is -0.470. The topological polar surface area (TPSA) is 79.2 Å².